The summed E-state index contributed by atoms with van der Waals surface area (Å²) in [5.41, 5.74) is 0.462. The van der Waals surface area contributed by atoms with Gasteiger partial charge >= 0.3 is 0 Å². The molecule has 3 unspecified atom stereocenters. The third kappa shape index (κ3) is 16.9. The summed E-state index contributed by atoms with van der Waals surface area (Å²) in [7, 11) is 0. The summed E-state index contributed by atoms with van der Waals surface area (Å²) in [6.07, 6.45) is 13.8. The van der Waals surface area contributed by atoms with Gasteiger partial charge in [-0.3, -0.25) is 0 Å². The summed E-state index contributed by atoms with van der Waals surface area (Å²) in [5, 5.41) is 0. The summed E-state index contributed by atoms with van der Waals surface area (Å²) in [4.78, 5) is 2.83. The molecule has 0 N–H and O–H groups in total. The minimum atomic E-state index is 0.462. The second-order valence-corrected chi connectivity index (χ2v) is 11.6. The third-order valence-electron chi connectivity index (χ3n) is 6.25. The normalized spacial score (nSPS) is 16.0. The smallest absolute Gasteiger partial charge is 0.000956 e. The van der Waals surface area contributed by atoms with Crippen molar-refractivity contribution in [3.63, 3.8) is 0 Å². The molecule has 0 aliphatic rings. The lowest BCUT2D eigenvalue weighted by molar-refractivity contribution is 0.190. The maximum Gasteiger partial charge on any atom is 0.000956 e. The summed E-state index contributed by atoms with van der Waals surface area (Å²) in [6, 6.07) is 0. The van der Waals surface area contributed by atoms with Crippen molar-refractivity contribution < 1.29 is 0 Å². The van der Waals surface area contributed by atoms with Gasteiger partial charge in [0.1, 0.15) is 0 Å². The van der Waals surface area contributed by atoms with Gasteiger partial charge in [0.2, 0.25) is 0 Å². The van der Waals surface area contributed by atoms with E-state index in [1.54, 1.807) is 0 Å². The van der Waals surface area contributed by atoms with Crippen LogP contribution in [0.3, 0.4) is 0 Å². The highest BCUT2D eigenvalue weighted by molar-refractivity contribution is 4.71. The Hall–Kier alpha value is -0.0400. The molecule has 0 bridgehead atoms. The molecule has 28 heavy (non-hydrogen) atoms. The van der Waals surface area contributed by atoms with Crippen molar-refractivity contribution >= 4 is 0 Å². The molecule has 0 aromatic heterocycles. The van der Waals surface area contributed by atoms with Gasteiger partial charge in [-0.1, -0.05) is 94.4 Å². The minimum Gasteiger partial charge on any atom is -0.303 e. The molecule has 0 aromatic carbocycles. The van der Waals surface area contributed by atoms with Crippen LogP contribution < -0.4 is 0 Å². The third-order valence-corrected chi connectivity index (χ3v) is 6.25. The molecule has 0 saturated carbocycles. The van der Waals surface area contributed by atoms with E-state index in [4.69, 9.17) is 0 Å². The SMILES string of the molecule is CCCCC(CC)CN(CCCCC(C)CC(C)C)CCC(C)CC(C)(C)C. The van der Waals surface area contributed by atoms with Crippen LogP contribution in [0.15, 0.2) is 0 Å². The Kier molecular flexibility index (Phi) is 15.7. The van der Waals surface area contributed by atoms with E-state index in [1.165, 1.54) is 83.8 Å². The van der Waals surface area contributed by atoms with Crippen molar-refractivity contribution in [2.24, 2.45) is 29.1 Å². The molecular formula is C27H57N. The lowest BCUT2D eigenvalue weighted by Crippen LogP contribution is -2.32. The quantitative estimate of drug-likeness (QED) is 0.222. The predicted molar refractivity (Wildman–Crippen MR) is 130 cm³/mol. The lowest BCUT2D eigenvalue weighted by atomic mass is 9.84. The van der Waals surface area contributed by atoms with Crippen LogP contribution in [0.25, 0.3) is 0 Å². The van der Waals surface area contributed by atoms with Crippen molar-refractivity contribution in [2.45, 2.75) is 127 Å². The zero-order valence-corrected chi connectivity index (χ0v) is 21.4. The van der Waals surface area contributed by atoms with Crippen LogP contribution in [-0.2, 0) is 0 Å². The Morgan fingerprint density at radius 2 is 1.43 bits per heavy atom. The summed E-state index contributed by atoms with van der Waals surface area (Å²) in [6.45, 7) is 25.5. The monoisotopic (exact) mass is 395 g/mol. The molecule has 170 valence electrons. The molecule has 0 aliphatic heterocycles. The minimum absolute atomic E-state index is 0.462. The molecule has 0 spiro atoms. The van der Waals surface area contributed by atoms with E-state index in [2.05, 4.69) is 67.2 Å². The van der Waals surface area contributed by atoms with Gasteiger partial charge in [0.05, 0.1) is 0 Å². The molecule has 3 atom stereocenters. The second-order valence-electron chi connectivity index (χ2n) is 11.6. The lowest BCUT2D eigenvalue weighted by Gasteiger charge is -2.30. The van der Waals surface area contributed by atoms with E-state index in [1.807, 2.05) is 0 Å². The Morgan fingerprint density at radius 1 is 0.750 bits per heavy atom. The zero-order chi connectivity index (χ0) is 21.6. The van der Waals surface area contributed by atoms with Crippen LogP contribution in [0.4, 0.5) is 0 Å². The maximum absolute atomic E-state index is 2.83. The van der Waals surface area contributed by atoms with E-state index in [0.29, 0.717) is 5.41 Å². The molecule has 0 fully saturated rings. The molecule has 0 saturated heterocycles. The van der Waals surface area contributed by atoms with Crippen molar-refractivity contribution in [2.75, 3.05) is 19.6 Å². The van der Waals surface area contributed by atoms with Gasteiger partial charge in [-0.25, -0.2) is 0 Å². The van der Waals surface area contributed by atoms with Crippen LogP contribution in [0.1, 0.15) is 127 Å². The standard InChI is InChI=1S/C27H57N/c1-10-12-16-26(11-2)22-28(19-17-25(6)21-27(7,8)9)18-14-13-15-24(5)20-23(3)4/h23-26H,10-22H2,1-9H3. The number of unbranched alkanes of at least 4 members (excludes halogenated alkanes) is 2. The van der Waals surface area contributed by atoms with Gasteiger partial charge in [0.15, 0.2) is 0 Å². The van der Waals surface area contributed by atoms with Gasteiger partial charge in [-0.05, 0) is 74.3 Å². The highest BCUT2D eigenvalue weighted by Crippen LogP contribution is 2.26. The van der Waals surface area contributed by atoms with E-state index in [0.717, 1.165) is 23.7 Å². The van der Waals surface area contributed by atoms with Crippen molar-refractivity contribution in [3.05, 3.63) is 0 Å². The van der Waals surface area contributed by atoms with Crippen LogP contribution >= 0.6 is 0 Å². The van der Waals surface area contributed by atoms with Crippen molar-refractivity contribution in [1.29, 1.82) is 0 Å². The molecule has 0 rings (SSSR count). The highest BCUT2D eigenvalue weighted by Gasteiger charge is 2.18. The van der Waals surface area contributed by atoms with Crippen LogP contribution in [0.2, 0.25) is 0 Å². The number of hydrogen-bond donors (Lipinski definition) is 0. The van der Waals surface area contributed by atoms with Gasteiger partial charge in [0, 0.05) is 6.54 Å². The first-order valence-electron chi connectivity index (χ1n) is 12.8. The van der Waals surface area contributed by atoms with E-state index in [9.17, 15) is 0 Å². The summed E-state index contributed by atoms with van der Waals surface area (Å²) < 4.78 is 0. The Balaban J connectivity index is 4.49. The number of nitrogens with zero attached hydrogens (tertiary/aromatic N) is 1. The first-order valence-corrected chi connectivity index (χ1v) is 12.8. The fourth-order valence-electron chi connectivity index (χ4n) is 4.88. The van der Waals surface area contributed by atoms with E-state index < -0.39 is 0 Å². The van der Waals surface area contributed by atoms with Gasteiger partial charge in [-0.2, -0.15) is 0 Å². The molecule has 0 amide bonds. The largest absolute Gasteiger partial charge is 0.303 e. The van der Waals surface area contributed by atoms with Crippen molar-refractivity contribution in [3.8, 4) is 0 Å². The first kappa shape index (κ1) is 28.0. The van der Waals surface area contributed by atoms with Crippen LogP contribution in [0.5, 0.6) is 0 Å². The van der Waals surface area contributed by atoms with E-state index in [-0.39, 0.29) is 0 Å². The van der Waals surface area contributed by atoms with Crippen LogP contribution in [-0.4, -0.2) is 24.5 Å². The highest BCUT2D eigenvalue weighted by atomic mass is 15.1. The van der Waals surface area contributed by atoms with Gasteiger partial charge in [0.25, 0.3) is 0 Å². The summed E-state index contributed by atoms with van der Waals surface area (Å²) in [5.74, 6) is 3.48. The zero-order valence-electron chi connectivity index (χ0n) is 21.4. The molecular weight excluding hydrogens is 338 g/mol. The average molecular weight is 396 g/mol. The predicted octanol–water partition coefficient (Wildman–Crippen LogP) is 8.82. The topological polar surface area (TPSA) is 3.24 Å². The molecule has 1 nitrogen and oxygen atoms in total. The van der Waals surface area contributed by atoms with Crippen molar-refractivity contribution in [1.82, 2.24) is 4.90 Å². The molecule has 0 radical (unpaired) electrons. The Labute approximate surface area is 180 Å². The van der Waals surface area contributed by atoms with Gasteiger partial charge in [-0.15, -0.1) is 0 Å². The maximum atomic E-state index is 2.83. The van der Waals surface area contributed by atoms with Gasteiger partial charge < -0.3 is 4.90 Å². The Morgan fingerprint density at radius 3 is 1.96 bits per heavy atom. The van der Waals surface area contributed by atoms with Crippen LogP contribution in [0, 0.1) is 29.1 Å². The summed E-state index contributed by atoms with van der Waals surface area (Å²) >= 11 is 0. The number of rotatable bonds is 17. The Bertz CT molecular complexity index is 341. The number of hydrogen-bond acceptors (Lipinski definition) is 1. The molecule has 0 aromatic rings. The molecule has 1 heteroatoms. The second kappa shape index (κ2) is 15.8. The fraction of sp³-hybridized carbons (Fsp3) is 1.00. The average Bonchev–Trinajstić information content (AvgIpc) is 2.57. The van der Waals surface area contributed by atoms with E-state index >= 15 is 0 Å². The molecule has 0 heterocycles. The molecule has 0 aliphatic carbocycles. The first-order chi connectivity index (χ1) is 13.1. The fourth-order valence-corrected chi connectivity index (χ4v) is 4.88.